The maximum atomic E-state index is 2.39. The first-order chi connectivity index (χ1) is 10.1. The van der Waals surface area contributed by atoms with E-state index in [1.165, 1.54) is 33.0 Å². The minimum absolute atomic E-state index is 0.297. The summed E-state index contributed by atoms with van der Waals surface area (Å²) >= 11 is 0. The van der Waals surface area contributed by atoms with Gasteiger partial charge in [0.2, 0.25) is 0 Å². The lowest BCUT2D eigenvalue weighted by Crippen LogP contribution is -2.17. The van der Waals surface area contributed by atoms with Gasteiger partial charge in [0.1, 0.15) is 0 Å². The number of rotatable bonds is 0. The van der Waals surface area contributed by atoms with Crippen molar-refractivity contribution in [1.82, 2.24) is 0 Å². The zero-order chi connectivity index (χ0) is 14.4. The summed E-state index contributed by atoms with van der Waals surface area (Å²) in [6.07, 6.45) is 2.28. The molecule has 0 heterocycles. The van der Waals surface area contributed by atoms with E-state index in [0.717, 1.165) is 12.8 Å². The summed E-state index contributed by atoms with van der Waals surface area (Å²) in [7, 11) is 0. The van der Waals surface area contributed by atoms with E-state index in [2.05, 4.69) is 74.5 Å². The molecule has 4 rings (SSSR count). The molecule has 1 aliphatic carbocycles. The Hall–Kier alpha value is -2.08. The van der Waals surface area contributed by atoms with Gasteiger partial charge < -0.3 is 0 Å². The Balaban J connectivity index is 2.10. The summed E-state index contributed by atoms with van der Waals surface area (Å²) in [5.41, 5.74) is 6.14. The van der Waals surface area contributed by atoms with Gasteiger partial charge in [-0.25, -0.2) is 0 Å². The number of hydrogen-bond acceptors (Lipinski definition) is 0. The van der Waals surface area contributed by atoms with Gasteiger partial charge in [-0.3, -0.25) is 0 Å². The van der Waals surface area contributed by atoms with Crippen molar-refractivity contribution in [3.63, 3.8) is 0 Å². The second kappa shape index (κ2) is 4.46. The molecule has 0 aliphatic heterocycles. The van der Waals surface area contributed by atoms with Crippen LogP contribution in [0.25, 0.3) is 21.9 Å². The van der Waals surface area contributed by atoms with Crippen LogP contribution in [0.1, 0.15) is 25.0 Å². The largest absolute Gasteiger partial charge is 0.0620 e. The minimum atomic E-state index is 0.297. The van der Waals surface area contributed by atoms with Crippen molar-refractivity contribution in [2.75, 3.05) is 0 Å². The highest BCUT2D eigenvalue weighted by Gasteiger charge is 2.27. The summed E-state index contributed by atoms with van der Waals surface area (Å²) in [5.74, 6) is 0. The SMILES string of the molecule is CC1(C)Cc2ccccc2-c2ccc3ccccc3c2C1. The Labute approximate surface area is 126 Å². The van der Waals surface area contributed by atoms with E-state index < -0.39 is 0 Å². The predicted molar refractivity (Wildman–Crippen MR) is 90.6 cm³/mol. The summed E-state index contributed by atoms with van der Waals surface area (Å²) in [6, 6.07) is 22.3. The van der Waals surface area contributed by atoms with Gasteiger partial charge in [-0.2, -0.15) is 0 Å². The van der Waals surface area contributed by atoms with Crippen molar-refractivity contribution in [3.8, 4) is 11.1 Å². The molecule has 3 aromatic rings. The Morgan fingerprint density at radius 3 is 2.38 bits per heavy atom. The summed E-state index contributed by atoms with van der Waals surface area (Å²) in [6.45, 7) is 4.78. The third-order valence-corrected chi connectivity index (χ3v) is 4.67. The quantitative estimate of drug-likeness (QED) is 0.497. The lowest BCUT2D eigenvalue weighted by molar-refractivity contribution is 0.365. The maximum absolute atomic E-state index is 2.39. The highest BCUT2D eigenvalue weighted by molar-refractivity contribution is 5.92. The van der Waals surface area contributed by atoms with Crippen LogP contribution >= 0.6 is 0 Å². The average Bonchev–Trinajstić information content (AvgIpc) is 2.59. The fourth-order valence-corrected chi connectivity index (χ4v) is 3.77. The van der Waals surface area contributed by atoms with Crippen LogP contribution in [0.3, 0.4) is 0 Å². The van der Waals surface area contributed by atoms with Gasteiger partial charge in [0, 0.05) is 0 Å². The van der Waals surface area contributed by atoms with Crippen LogP contribution in [0.15, 0.2) is 60.7 Å². The molecule has 0 radical (unpaired) electrons. The second-order valence-electron chi connectivity index (χ2n) is 6.99. The molecule has 104 valence electrons. The van der Waals surface area contributed by atoms with Crippen molar-refractivity contribution in [2.24, 2.45) is 5.41 Å². The molecular weight excluding hydrogens is 252 g/mol. The molecule has 0 aromatic heterocycles. The first-order valence-electron chi connectivity index (χ1n) is 7.73. The van der Waals surface area contributed by atoms with Gasteiger partial charge in [-0.1, -0.05) is 74.5 Å². The topological polar surface area (TPSA) is 0 Å². The smallest absolute Gasteiger partial charge is 0.0143 e. The first kappa shape index (κ1) is 12.6. The van der Waals surface area contributed by atoms with E-state index in [-0.39, 0.29) is 0 Å². The Morgan fingerprint density at radius 1 is 0.714 bits per heavy atom. The minimum Gasteiger partial charge on any atom is -0.0620 e. The van der Waals surface area contributed by atoms with Crippen molar-refractivity contribution in [3.05, 3.63) is 71.8 Å². The monoisotopic (exact) mass is 272 g/mol. The van der Waals surface area contributed by atoms with Crippen LogP contribution in [0.2, 0.25) is 0 Å². The molecule has 0 nitrogen and oxygen atoms in total. The van der Waals surface area contributed by atoms with Crippen molar-refractivity contribution >= 4 is 10.8 Å². The zero-order valence-electron chi connectivity index (χ0n) is 12.7. The van der Waals surface area contributed by atoms with Gasteiger partial charge in [0.05, 0.1) is 0 Å². The van der Waals surface area contributed by atoms with Gasteiger partial charge >= 0.3 is 0 Å². The Kier molecular flexibility index (Phi) is 2.68. The van der Waals surface area contributed by atoms with Crippen LogP contribution in [0, 0.1) is 5.41 Å². The van der Waals surface area contributed by atoms with Gasteiger partial charge in [0.15, 0.2) is 0 Å². The average molecular weight is 272 g/mol. The van der Waals surface area contributed by atoms with E-state index in [0.29, 0.717) is 5.41 Å². The summed E-state index contributed by atoms with van der Waals surface area (Å²) < 4.78 is 0. The Bertz CT molecular complexity index is 824. The van der Waals surface area contributed by atoms with E-state index in [1.54, 1.807) is 0 Å². The highest BCUT2D eigenvalue weighted by atomic mass is 14.3. The zero-order valence-corrected chi connectivity index (χ0v) is 12.7. The van der Waals surface area contributed by atoms with Crippen LogP contribution in [0.5, 0.6) is 0 Å². The molecule has 0 spiro atoms. The second-order valence-corrected chi connectivity index (χ2v) is 6.99. The molecule has 1 aliphatic rings. The molecule has 0 unspecified atom stereocenters. The third-order valence-electron chi connectivity index (χ3n) is 4.67. The third kappa shape index (κ3) is 2.06. The van der Waals surface area contributed by atoms with Crippen LogP contribution in [0.4, 0.5) is 0 Å². The number of benzene rings is 3. The van der Waals surface area contributed by atoms with Crippen LogP contribution in [-0.4, -0.2) is 0 Å². The molecule has 0 amide bonds. The fourth-order valence-electron chi connectivity index (χ4n) is 3.77. The molecular formula is C21H20. The summed E-state index contributed by atoms with van der Waals surface area (Å²) in [4.78, 5) is 0. The molecule has 0 N–H and O–H groups in total. The molecule has 0 bridgehead atoms. The summed E-state index contributed by atoms with van der Waals surface area (Å²) in [5, 5.41) is 2.77. The molecule has 0 fully saturated rings. The van der Waals surface area contributed by atoms with Gasteiger partial charge in [0.25, 0.3) is 0 Å². The van der Waals surface area contributed by atoms with E-state index in [4.69, 9.17) is 0 Å². The van der Waals surface area contributed by atoms with Gasteiger partial charge in [-0.05, 0) is 51.3 Å². The van der Waals surface area contributed by atoms with Crippen molar-refractivity contribution in [2.45, 2.75) is 26.7 Å². The molecule has 0 heteroatoms. The van der Waals surface area contributed by atoms with Gasteiger partial charge in [-0.15, -0.1) is 0 Å². The fraction of sp³-hybridized carbons (Fsp3) is 0.238. The molecule has 0 saturated carbocycles. The van der Waals surface area contributed by atoms with Crippen molar-refractivity contribution < 1.29 is 0 Å². The highest BCUT2D eigenvalue weighted by Crippen LogP contribution is 2.42. The van der Waals surface area contributed by atoms with E-state index >= 15 is 0 Å². The normalized spacial score (nSPS) is 16.1. The number of hydrogen-bond donors (Lipinski definition) is 0. The molecule has 0 saturated heterocycles. The molecule has 3 aromatic carbocycles. The lowest BCUT2D eigenvalue weighted by atomic mass is 9.81. The Morgan fingerprint density at radius 2 is 1.48 bits per heavy atom. The van der Waals surface area contributed by atoms with Crippen LogP contribution < -0.4 is 0 Å². The molecule has 21 heavy (non-hydrogen) atoms. The number of fused-ring (bicyclic) bond motifs is 5. The van der Waals surface area contributed by atoms with E-state index in [1.807, 2.05) is 0 Å². The van der Waals surface area contributed by atoms with Crippen molar-refractivity contribution in [1.29, 1.82) is 0 Å². The standard InChI is InChI=1S/C21H20/c1-21(2)13-16-8-4-6-10-18(16)19-12-11-15-7-3-5-9-17(15)20(19)14-21/h3-12H,13-14H2,1-2H3. The van der Waals surface area contributed by atoms with Crippen LogP contribution in [-0.2, 0) is 12.8 Å². The van der Waals surface area contributed by atoms with E-state index in [9.17, 15) is 0 Å². The maximum Gasteiger partial charge on any atom is -0.0143 e. The molecule has 0 atom stereocenters. The first-order valence-corrected chi connectivity index (χ1v) is 7.73. The predicted octanol–water partition coefficient (Wildman–Crippen LogP) is 5.63. The lowest BCUT2D eigenvalue weighted by Gasteiger charge is -2.23.